The summed E-state index contributed by atoms with van der Waals surface area (Å²) in [5.41, 5.74) is 2.40. The molecule has 1 atom stereocenters. The minimum atomic E-state index is -0.412. The van der Waals surface area contributed by atoms with Gasteiger partial charge in [0.25, 0.3) is 11.5 Å². The van der Waals surface area contributed by atoms with Crippen LogP contribution in [0.3, 0.4) is 0 Å². The topological polar surface area (TPSA) is 62.0 Å². The fourth-order valence-electron chi connectivity index (χ4n) is 2.82. The van der Waals surface area contributed by atoms with Crippen LogP contribution in [-0.2, 0) is 12.8 Å². The molecule has 1 unspecified atom stereocenters. The van der Waals surface area contributed by atoms with E-state index in [0.29, 0.717) is 16.6 Å². The molecule has 0 aliphatic heterocycles. The van der Waals surface area contributed by atoms with Crippen molar-refractivity contribution in [2.24, 2.45) is 5.92 Å². The van der Waals surface area contributed by atoms with E-state index in [1.807, 2.05) is 0 Å². The number of halogens is 1. The summed E-state index contributed by atoms with van der Waals surface area (Å²) in [5, 5.41) is 3.25. The Kier molecular flexibility index (Phi) is 4.03. The number of nitrogens with one attached hydrogen (secondary N) is 2. The van der Waals surface area contributed by atoms with E-state index in [9.17, 15) is 9.59 Å². The number of hydrogen-bond donors (Lipinski definition) is 2. The summed E-state index contributed by atoms with van der Waals surface area (Å²) in [5.74, 6) is 0.159. The molecule has 0 saturated heterocycles. The Bertz CT molecular complexity index is 782. The Balaban J connectivity index is 1.89. The molecule has 0 bridgehead atoms. The molecule has 22 heavy (non-hydrogen) atoms. The second-order valence-corrected chi connectivity index (χ2v) is 6.26. The van der Waals surface area contributed by atoms with Gasteiger partial charge in [0.1, 0.15) is 5.56 Å². The molecule has 0 radical (unpaired) electrons. The average Bonchev–Trinajstić information content (AvgIpc) is 2.47. The lowest BCUT2D eigenvalue weighted by atomic mass is 9.87. The molecule has 0 spiro atoms. The number of anilines is 1. The quantitative estimate of drug-likeness (QED) is 0.892. The highest BCUT2D eigenvalue weighted by molar-refractivity contribution is 6.30. The van der Waals surface area contributed by atoms with Crippen molar-refractivity contribution in [2.45, 2.75) is 26.2 Å². The van der Waals surface area contributed by atoms with Crippen molar-refractivity contribution in [2.75, 3.05) is 5.32 Å². The Hall–Kier alpha value is -2.07. The first-order valence-electron chi connectivity index (χ1n) is 7.35. The van der Waals surface area contributed by atoms with E-state index >= 15 is 0 Å². The average molecular weight is 317 g/mol. The second kappa shape index (κ2) is 5.97. The van der Waals surface area contributed by atoms with Crippen LogP contribution in [0, 0.1) is 5.92 Å². The molecule has 1 amide bonds. The lowest BCUT2D eigenvalue weighted by Gasteiger charge is -2.21. The third kappa shape index (κ3) is 3.07. The Labute approximate surface area is 133 Å². The zero-order chi connectivity index (χ0) is 15.7. The zero-order valence-electron chi connectivity index (χ0n) is 12.3. The van der Waals surface area contributed by atoms with Crippen molar-refractivity contribution >= 4 is 23.2 Å². The number of hydrogen-bond acceptors (Lipinski definition) is 2. The van der Waals surface area contributed by atoms with Gasteiger partial charge in [0.2, 0.25) is 0 Å². The van der Waals surface area contributed by atoms with E-state index in [2.05, 4.69) is 17.2 Å². The van der Waals surface area contributed by atoms with Crippen LogP contribution < -0.4 is 10.9 Å². The monoisotopic (exact) mass is 316 g/mol. The fraction of sp³-hybridized carbons (Fsp3) is 0.294. The van der Waals surface area contributed by atoms with E-state index in [-0.39, 0.29) is 11.1 Å². The first-order chi connectivity index (χ1) is 10.5. The number of benzene rings is 1. The maximum Gasteiger partial charge on any atom is 0.261 e. The molecule has 2 N–H and O–H groups in total. The number of carbonyl (C=O) groups excluding carboxylic acids is 1. The molecule has 2 aromatic rings. The third-order valence-corrected chi connectivity index (χ3v) is 4.23. The number of rotatable bonds is 2. The molecule has 1 heterocycles. The van der Waals surface area contributed by atoms with Gasteiger partial charge in [0, 0.05) is 16.4 Å². The zero-order valence-corrected chi connectivity index (χ0v) is 13.0. The first-order valence-corrected chi connectivity index (χ1v) is 7.72. The molecule has 1 aliphatic carbocycles. The first kappa shape index (κ1) is 14.9. The summed E-state index contributed by atoms with van der Waals surface area (Å²) in [6.45, 7) is 2.18. The lowest BCUT2D eigenvalue weighted by molar-refractivity contribution is 0.102. The van der Waals surface area contributed by atoms with Crippen molar-refractivity contribution < 1.29 is 4.79 Å². The standard InChI is InChI=1S/C17H17ClN2O2/c1-10-5-6-15-11(7-10)8-14(17(22)20-15)16(21)19-13-4-2-3-12(18)9-13/h2-4,8-10H,5-7H2,1H3,(H,19,21)(H,20,22). The summed E-state index contributed by atoms with van der Waals surface area (Å²) < 4.78 is 0. The number of amides is 1. The third-order valence-electron chi connectivity index (χ3n) is 4.00. The molecule has 1 aromatic carbocycles. The predicted molar refractivity (Wildman–Crippen MR) is 87.7 cm³/mol. The van der Waals surface area contributed by atoms with Gasteiger partial charge in [-0.3, -0.25) is 9.59 Å². The molecular weight excluding hydrogens is 300 g/mol. The van der Waals surface area contributed by atoms with Crippen LogP contribution in [0.4, 0.5) is 5.69 Å². The van der Waals surface area contributed by atoms with E-state index in [1.54, 1.807) is 30.3 Å². The van der Waals surface area contributed by atoms with Crippen LogP contribution in [-0.4, -0.2) is 10.9 Å². The summed E-state index contributed by atoms with van der Waals surface area (Å²) in [4.78, 5) is 27.3. The summed E-state index contributed by atoms with van der Waals surface area (Å²) >= 11 is 5.90. The molecule has 5 heteroatoms. The maximum atomic E-state index is 12.3. The number of pyridine rings is 1. The molecule has 1 aromatic heterocycles. The molecule has 3 rings (SSSR count). The van der Waals surface area contributed by atoms with Gasteiger partial charge in [0.15, 0.2) is 0 Å². The Morgan fingerprint density at radius 2 is 2.18 bits per heavy atom. The summed E-state index contributed by atoms with van der Waals surface area (Å²) in [6, 6.07) is 8.58. The van der Waals surface area contributed by atoms with Crippen LogP contribution in [0.25, 0.3) is 0 Å². The second-order valence-electron chi connectivity index (χ2n) is 5.83. The van der Waals surface area contributed by atoms with Crippen molar-refractivity contribution in [3.05, 3.63) is 62.5 Å². The maximum absolute atomic E-state index is 12.3. The van der Waals surface area contributed by atoms with Gasteiger partial charge in [-0.25, -0.2) is 0 Å². The highest BCUT2D eigenvalue weighted by Crippen LogP contribution is 2.23. The van der Waals surface area contributed by atoms with E-state index in [0.717, 1.165) is 30.5 Å². The Morgan fingerprint density at radius 1 is 1.36 bits per heavy atom. The van der Waals surface area contributed by atoms with Crippen LogP contribution in [0.1, 0.15) is 35.0 Å². The number of fused-ring (bicyclic) bond motifs is 1. The summed E-state index contributed by atoms with van der Waals surface area (Å²) in [6.07, 6.45) is 2.82. The van der Waals surface area contributed by atoms with Crippen molar-refractivity contribution in [1.82, 2.24) is 4.98 Å². The summed E-state index contributed by atoms with van der Waals surface area (Å²) in [7, 11) is 0. The number of H-pyrrole nitrogens is 1. The van der Waals surface area contributed by atoms with E-state index in [1.165, 1.54) is 0 Å². The molecule has 114 valence electrons. The van der Waals surface area contributed by atoms with E-state index in [4.69, 9.17) is 11.6 Å². The minimum absolute atomic E-state index is 0.146. The van der Waals surface area contributed by atoms with E-state index < -0.39 is 5.91 Å². The van der Waals surface area contributed by atoms with Crippen LogP contribution >= 0.6 is 11.6 Å². The van der Waals surface area contributed by atoms with Gasteiger partial charge < -0.3 is 10.3 Å². The van der Waals surface area contributed by atoms with Crippen molar-refractivity contribution in [1.29, 1.82) is 0 Å². The van der Waals surface area contributed by atoms with Crippen LogP contribution in [0.2, 0.25) is 5.02 Å². The predicted octanol–water partition coefficient (Wildman–Crippen LogP) is 3.41. The van der Waals surface area contributed by atoms with Gasteiger partial charge in [-0.15, -0.1) is 0 Å². The van der Waals surface area contributed by atoms with Gasteiger partial charge in [-0.1, -0.05) is 24.6 Å². The lowest BCUT2D eigenvalue weighted by Crippen LogP contribution is -2.27. The van der Waals surface area contributed by atoms with Crippen LogP contribution in [0.5, 0.6) is 0 Å². The molecule has 4 nitrogen and oxygen atoms in total. The van der Waals surface area contributed by atoms with Gasteiger partial charge in [-0.05, 0) is 55.0 Å². The fourth-order valence-corrected chi connectivity index (χ4v) is 3.01. The van der Waals surface area contributed by atoms with Crippen molar-refractivity contribution in [3.8, 4) is 0 Å². The smallest absolute Gasteiger partial charge is 0.261 e. The van der Waals surface area contributed by atoms with Gasteiger partial charge in [-0.2, -0.15) is 0 Å². The molecule has 1 aliphatic rings. The number of aromatic amines is 1. The van der Waals surface area contributed by atoms with Crippen molar-refractivity contribution in [3.63, 3.8) is 0 Å². The molecule has 0 fully saturated rings. The highest BCUT2D eigenvalue weighted by Gasteiger charge is 2.20. The number of carbonyl (C=O) groups is 1. The minimum Gasteiger partial charge on any atom is -0.325 e. The number of aryl methyl sites for hydroxylation is 1. The Morgan fingerprint density at radius 3 is 2.95 bits per heavy atom. The largest absolute Gasteiger partial charge is 0.325 e. The molecule has 0 saturated carbocycles. The van der Waals surface area contributed by atoms with Gasteiger partial charge in [0.05, 0.1) is 0 Å². The molecular formula is C17H17ClN2O2. The van der Waals surface area contributed by atoms with Crippen LogP contribution in [0.15, 0.2) is 35.1 Å². The van der Waals surface area contributed by atoms with Gasteiger partial charge >= 0.3 is 0 Å². The SMILES string of the molecule is CC1CCc2[nH]c(=O)c(C(=O)Nc3cccc(Cl)c3)cc2C1. The number of aromatic nitrogens is 1. The normalized spacial score (nSPS) is 16.9. The highest BCUT2D eigenvalue weighted by atomic mass is 35.5.